The normalized spacial score (nSPS) is 14.2. The molecule has 0 aromatic carbocycles. The molecule has 0 saturated carbocycles. The number of aromatic nitrogens is 1. The van der Waals surface area contributed by atoms with Crippen LogP contribution in [-0.2, 0) is 0 Å². The molecule has 3 N–H and O–H groups in total. The number of alkyl halides is 2. The number of halogens is 2. The van der Waals surface area contributed by atoms with Gasteiger partial charge in [-0.05, 0) is 17.7 Å². The zero-order valence-electron chi connectivity index (χ0n) is 6.82. The third-order valence-corrected chi connectivity index (χ3v) is 1.73. The molecule has 1 rings (SSSR count). The van der Waals surface area contributed by atoms with Crippen molar-refractivity contribution in [3.8, 4) is 0 Å². The molecule has 0 aliphatic rings. The second-order valence-electron chi connectivity index (χ2n) is 2.68. The molecule has 0 aliphatic carbocycles. The van der Waals surface area contributed by atoms with Gasteiger partial charge in [0.2, 0.25) is 0 Å². The van der Waals surface area contributed by atoms with E-state index in [2.05, 4.69) is 4.98 Å². The van der Waals surface area contributed by atoms with Gasteiger partial charge in [0.1, 0.15) is 6.61 Å². The molecule has 0 unspecified atom stereocenters. The second kappa shape index (κ2) is 3.76. The maximum Gasteiger partial charge on any atom is 0.289 e. The van der Waals surface area contributed by atoms with E-state index in [1.807, 2.05) is 0 Å². The summed E-state index contributed by atoms with van der Waals surface area (Å²) in [5, 5.41) is 8.38. The van der Waals surface area contributed by atoms with Gasteiger partial charge in [-0.2, -0.15) is 0 Å². The van der Waals surface area contributed by atoms with Crippen molar-refractivity contribution in [2.45, 2.75) is 12.0 Å². The summed E-state index contributed by atoms with van der Waals surface area (Å²) < 4.78 is 25.7. The first kappa shape index (κ1) is 10.0. The Morgan fingerprint density at radius 2 is 2.00 bits per heavy atom. The van der Waals surface area contributed by atoms with Crippen molar-refractivity contribution in [2.24, 2.45) is 5.73 Å². The van der Waals surface area contributed by atoms with Gasteiger partial charge in [-0.1, -0.05) is 0 Å². The van der Waals surface area contributed by atoms with E-state index in [1.54, 1.807) is 0 Å². The van der Waals surface area contributed by atoms with Crippen LogP contribution in [0.2, 0.25) is 0 Å². The Morgan fingerprint density at radius 1 is 1.46 bits per heavy atom. The number of nitrogens with zero attached hydrogens (tertiary/aromatic N) is 1. The quantitative estimate of drug-likeness (QED) is 0.734. The maximum atomic E-state index is 12.8. The molecule has 0 spiro atoms. The van der Waals surface area contributed by atoms with E-state index in [0.29, 0.717) is 0 Å². The average Bonchev–Trinajstić information content (AvgIpc) is 2.18. The summed E-state index contributed by atoms with van der Waals surface area (Å²) in [6.07, 6.45) is 2.76. The molecule has 0 amide bonds. The molecule has 1 aromatic heterocycles. The lowest BCUT2D eigenvalue weighted by Crippen LogP contribution is -2.36. The van der Waals surface area contributed by atoms with Gasteiger partial charge in [-0.25, -0.2) is 8.78 Å². The predicted octanol–water partition coefficient (Wildman–Crippen LogP) is 0.709. The van der Waals surface area contributed by atoms with Gasteiger partial charge in [-0.3, -0.25) is 4.98 Å². The highest BCUT2D eigenvalue weighted by Gasteiger charge is 2.37. The first-order chi connectivity index (χ1) is 6.08. The summed E-state index contributed by atoms with van der Waals surface area (Å²) in [6, 6.07) is 1.31. The van der Waals surface area contributed by atoms with Crippen molar-refractivity contribution < 1.29 is 13.9 Å². The average molecular weight is 188 g/mol. The number of hydrogen-bond acceptors (Lipinski definition) is 3. The van der Waals surface area contributed by atoms with E-state index in [9.17, 15) is 8.78 Å². The lowest BCUT2D eigenvalue weighted by atomic mass is 10.0. The number of nitrogens with two attached hydrogens (primary N) is 1. The molecule has 0 radical (unpaired) electrons. The molecule has 5 heteroatoms. The van der Waals surface area contributed by atoms with Crippen molar-refractivity contribution in [2.75, 3.05) is 6.61 Å². The Labute approximate surface area is 74.2 Å². The third kappa shape index (κ3) is 2.19. The predicted molar refractivity (Wildman–Crippen MR) is 43.2 cm³/mol. The highest BCUT2D eigenvalue weighted by Crippen LogP contribution is 2.27. The van der Waals surface area contributed by atoms with E-state index in [0.717, 1.165) is 0 Å². The molecule has 1 heterocycles. The van der Waals surface area contributed by atoms with Gasteiger partial charge in [0.15, 0.2) is 0 Å². The van der Waals surface area contributed by atoms with Crippen molar-refractivity contribution in [1.82, 2.24) is 4.98 Å². The first-order valence-corrected chi connectivity index (χ1v) is 3.72. The van der Waals surface area contributed by atoms with Gasteiger partial charge < -0.3 is 10.8 Å². The lowest BCUT2D eigenvalue weighted by Gasteiger charge is -2.21. The largest absolute Gasteiger partial charge is 0.390 e. The number of pyridine rings is 1. The fourth-order valence-electron chi connectivity index (χ4n) is 0.913. The standard InChI is InChI=1S/C8H10F2N2O/c9-8(10,5-13)7(11)6-1-3-12-4-2-6/h1-4,7,13H,5,11H2/t7-/m0/s1. The molecule has 72 valence electrons. The van der Waals surface area contributed by atoms with Crippen LogP contribution < -0.4 is 5.73 Å². The molecule has 0 bridgehead atoms. The monoisotopic (exact) mass is 188 g/mol. The van der Waals surface area contributed by atoms with Gasteiger partial charge in [0, 0.05) is 12.4 Å². The van der Waals surface area contributed by atoms with Crippen LogP contribution in [0.1, 0.15) is 11.6 Å². The Hall–Kier alpha value is -1.07. The minimum absolute atomic E-state index is 0.258. The topological polar surface area (TPSA) is 59.1 Å². The molecule has 1 aromatic rings. The summed E-state index contributed by atoms with van der Waals surface area (Å²) in [6.45, 7) is -1.25. The van der Waals surface area contributed by atoms with Gasteiger partial charge >= 0.3 is 0 Å². The molecule has 0 aliphatic heterocycles. The van der Waals surface area contributed by atoms with Crippen molar-refractivity contribution in [1.29, 1.82) is 0 Å². The molecule has 0 fully saturated rings. The van der Waals surface area contributed by atoms with Crippen LogP contribution >= 0.6 is 0 Å². The van der Waals surface area contributed by atoms with Crippen LogP contribution in [0.15, 0.2) is 24.5 Å². The van der Waals surface area contributed by atoms with E-state index >= 15 is 0 Å². The van der Waals surface area contributed by atoms with Gasteiger partial charge in [0.25, 0.3) is 5.92 Å². The van der Waals surface area contributed by atoms with E-state index in [4.69, 9.17) is 10.8 Å². The maximum absolute atomic E-state index is 12.8. The van der Waals surface area contributed by atoms with Crippen LogP contribution in [-0.4, -0.2) is 22.6 Å². The summed E-state index contributed by atoms with van der Waals surface area (Å²) in [5.41, 5.74) is 5.50. The van der Waals surface area contributed by atoms with E-state index in [1.165, 1.54) is 24.5 Å². The molecule has 1 atom stereocenters. The number of aliphatic hydroxyl groups is 1. The number of hydrogen-bond donors (Lipinski definition) is 2. The Bertz CT molecular complexity index is 266. The lowest BCUT2D eigenvalue weighted by molar-refractivity contribution is -0.0711. The van der Waals surface area contributed by atoms with E-state index < -0.39 is 18.6 Å². The minimum atomic E-state index is -3.29. The fourth-order valence-corrected chi connectivity index (χ4v) is 0.913. The van der Waals surface area contributed by atoms with E-state index in [-0.39, 0.29) is 5.56 Å². The summed E-state index contributed by atoms with van der Waals surface area (Å²) >= 11 is 0. The number of rotatable bonds is 3. The summed E-state index contributed by atoms with van der Waals surface area (Å²) in [7, 11) is 0. The number of aliphatic hydroxyl groups excluding tert-OH is 1. The Balaban J connectivity index is 2.85. The molecular formula is C8H10F2N2O. The highest BCUT2D eigenvalue weighted by atomic mass is 19.3. The zero-order valence-corrected chi connectivity index (χ0v) is 6.82. The van der Waals surface area contributed by atoms with Crippen molar-refractivity contribution >= 4 is 0 Å². The van der Waals surface area contributed by atoms with Gasteiger partial charge in [-0.15, -0.1) is 0 Å². The second-order valence-corrected chi connectivity index (χ2v) is 2.68. The van der Waals surface area contributed by atoms with Crippen LogP contribution in [0.25, 0.3) is 0 Å². The SMILES string of the molecule is N[C@@H](c1ccncc1)C(F)(F)CO. The first-order valence-electron chi connectivity index (χ1n) is 3.72. The fraction of sp³-hybridized carbons (Fsp3) is 0.375. The summed E-state index contributed by atoms with van der Waals surface area (Å²) in [4.78, 5) is 3.67. The molecule has 13 heavy (non-hydrogen) atoms. The Kier molecular flexibility index (Phi) is 2.90. The van der Waals surface area contributed by atoms with Crippen LogP contribution in [0.3, 0.4) is 0 Å². The van der Waals surface area contributed by atoms with Crippen LogP contribution in [0, 0.1) is 0 Å². The Morgan fingerprint density at radius 3 is 2.46 bits per heavy atom. The molecule has 3 nitrogen and oxygen atoms in total. The zero-order chi connectivity index (χ0) is 9.90. The molecule has 0 saturated heterocycles. The smallest absolute Gasteiger partial charge is 0.289 e. The van der Waals surface area contributed by atoms with Crippen LogP contribution in [0.5, 0.6) is 0 Å². The third-order valence-electron chi connectivity index (χ3n) is 1.73. The highest BCUT2D eigenvalue weighted by molar-refractivity contribution is 5.17. The minimum Gasteiger partial charge on any atom is -0.390 e. The van der Waals surface area contributed by atoms with Crippen molar-refractivity contribution in [3.05, 3.63) is 30.1 Å². The summed E-state index contributed by atoms with van der Waals surface area (Å²) in [5.74, 6) is -3.29. The van der Waals surface area contributed by atoms with Crippen molar-refractivity contribution in [3.63, 3.8) is 0 Å². The molecular weight excluding hydrogens is 178 g/mol. The van der Waals surface area contributed by atoms with Gasteiger partial charge in [0.05, 0.1) is 6.04 Å². The van der Waals surface area contributed by atoms with Crippen LogP contribution in [0.4, 0.5) is 8.78 Å².